The van der Waals surface area contributed by atoms with E-state index in [4.69, 9.17) is 19.9 Å². The zero-order valence-electron chi connectivity index (χ0n) is 11.4. The Morgan fingerprint density at radius 3 is 2.47 bits per heavy atom. The number of nitrogen functional groups attached to an aromatic ring is 1. The first-order chi connectivity index (χ1) is 9.08. The minimum absolute atomic E-state index is 0.146. The summed E-state index contributed by atoms with van der Waals surface area (Å²) in [5, 5.41) is 0. The van der Waals surface area contributed by atoms with E-state index in [0.29, 0.717) is 18.0 Å². The molecule has 0 aliphatic heterocycles. The number of hydrogen-bond acceptors (Lipinski definition) is 5. The summed E-state index contributed by atoms with van der Waals surface area (Å²) in [4.78, 5) is 11.4. The van der Waals surface area contributed by atoms with Gasteiger partial charge in [-0.1, -0.05) is 0 Å². The largest absolute Gasteiger partial charge is 0.493 e. The Hall–Kier alpha value is -1.75. The van der Waals surface area contributed by atoms with Crippen molar-refractivity contribution in [3.8, 4) is 5.75 Å². The Bertz CT molecular complexity index is 376. The molecule has 0 radical (unpaired) electrons. The first kappa shape index (κ1) is 15.3. The average Bonchev–Trinajstić information content (AvgIpc) is 2.37. The smallest absolute Gasteiger partial charge is 0.309 e. The highest BCUT2D eigenvalue weighted by Gasteiger charge is 2.04. The van der Waals surface area contributed by atoms with Gasteiger partial charge < -0.3 is 19.9 Å². The number of carbonyl (C=O) groups excluding carboxylic acids is 1. The predicted octanol–water partition coefficient (Wildman–Crippen LogP) is 2.01. The number of esters is 1. The van der Waals surface area contributed by atoms with Crippen LogP contribution in [0.15, 0.2) is 24.3 Å². The van der Waals surface area contributed by atoms with E-state index in [-0.39, 0.29) is 31.7 Å². The molecular formula is C14H21NO4. The van der Waals surface area contributed by atoms with Gasteiger partial charge in [0.25, 0.3) is 0 Å². The van der Waals surface area contributed by atoms with E-state index in [1.165, 1.54) is 0 Å². The van der Waals surface area contributed by atoms with Crippen LogP contribution in [0.25, 0.3) is 0 Å². The maximum absolute atomic E-state index is 11.4. The van der Waals surface area contributed by atoms with Crippen LogP contribution in [0, 0.1) is 0 Å². The fraction of sp³-hybridized carbons (Fsp3) is 0.500. The van der Waals surface area contributed by atoms with Gasteiger partial charge in [-0.2, -0.15) is 0 Å². The third-order valence-corrected chi connectivity index (χ3v) is 2.25. The highest BCUT2D eigenvalue weighted by atomic mass is 16.6. The first-order valence-electron chi connectivity index (χ1n) is 6.33. The number of carbonyl (C=O) groups is 1. The summed E-state index contributed by atoms with van der Waals surface area (Å²) in [5.41, 5.74) is 6.23. The molecular weight excluding hydrogens is 246 g/mol. The van der Waals surface area contributed by atoms with Crippen molar-refractivity contribution in [2.45, 2.75) is 26.4 Å². The molecule has 0 amide bonds. The normalized spacial score (nSPS) is 10.5. The van der Waals surface area contributed by atoms with Crippen LogP contribution in [0.4, 0.5) is 5.69 Å². The molecule has 0 aliphatic carbocycles. The van der Waals surface area contributed by atoms with E-state index < -0.39 is 0 Å². The van der Waals surface area contributed by atoms with E-state index in [2.05, 4.69) is 0 Å². The van der Waals surface area contributed by atoms with E-state index in [1.54, 1.807) is 24.3 Å². The van der Waals surface area contributed by atoms with Crippen LogP contribution in [0.3, 0.4) is 0 Å². The molecule has 0 unspecified atom stereocenters. The predicted molar refractivity (Wildman–Crippen MR) is 73.0 cm³/mol. The maximum atomic E-state index is 11.4. The molecule has 0 atom stereocenters. The summed E-state index contributed by atoms with van der Waals surface area (Å²) in [6.45, 7) is 4.85. The zero-order chi connectivity index (χ0) is 14.1. The first-order valence-corrected chi connectivity index (χ1v) is 6.33. The van der Waals surface area contributed by atoms with Gasteiger partial charge >= 0.3 is 5.97 Å². The van der Waals surface area contributed by atoms with Crippen molar-refractivity contribution in [3.05, 3.63) is 24.3 Å². The van der Waals surface area contributed by atoms with Crippen molar-refractivity contribution < 1.29 is 19.0 Å². The molecule has 0 saturated heterocycles. The molecule has 0 fully saturated rings. The number of anilines is 1. The Morgan fingerprint density at radius 2 is 1.84 bits per heavy atom. The zero-order valence-corrected chi connectivity index (χ0v) is 11.4. The third kappa shape index (κ3) is 7.31. The Kier molecular flexibility index (Phi) is 6.74. The van der Waals surface area contributed by atoms with Gasteiger partial charge in [-0.15, -0.1) is 0 Å². The molecule has 0 bridgehead atoms. The van der Waals surface area contributed by atoms with Gasteiger partial charge in [0.1, 0.15) is 12.4 Å². The fourth-order valence-corrected chi connectivity index (χ4v) is 1.33. The van der Waals surface area contributed by atoms with E-state index in [9.17, 15) is 4.79 Å². The summed E-state index contributed by atoms with van der Waals surface area (Å²) in [5.74, 6) is 0.396. The van der Waals surface area contributed by atoms with Crippen molar-refractivity contribution >= 4 is 11.7 Å². The minimum atomic E-state index is -0.289. The van der Waals surface area contributed by atoms with Gasteiger partial charge in [-0.05, 0) is 38.1 Å². The number of ether oxygens (including phenoxy) is 3. The lowest BCUT2D eigenvalue weighted by Gasteiger charge is -2.09. The van der Waals surface area contributed by atoms with Gasteiger partial charge in [-0.3, -0.25) is 4.79 Å². The molecule has 1 rings (SSSR count). The summed E-state index contributed by atoms with van der Waals surface area (Å²) in [6.07, 6.45) is 0.360. The Morgan fingerprint density at radius 1 is 1.16 bits per heavy atom. The molecule has 5 heteroatoms. The lowest BCUT2D eigenvalue weighted by atomic mass is 10.3. The summed E-state index contributed by atoms with van der Waals surface area (Å²) >= 11 is 0. The van der Waals surface area contributed by atoms with Gasteiger partial charge in [0.15, 0.2) is 0 Å². The highest BCUT2D eigenvalue weighted by Crippen LogP contribution is 2.13. The average molecular weight is 267 g/mol. The topological polar surface area (TPSA) is 70.8 Å². The lowest BCUT2D eigenvalue weighted by molar-refractivity contribution is -0.146. The minimum Gasteiger partial charge on any atom is -0.493 e. The Balaban J connectivity index is 2.08. The lowest BCUT2D eigenvalue weighted by Crippen LogP contribution is -2.15. The van der Waals surface area contributed by atoms with Crippen LogP contribution < -0.4 is 10.5 Å². The van der Waals surface area contributed by atoms with Gasteiger partial charge in [0.2, 0.25) is 0 Å². The van der Waals surface area contributed by atoms with Crippen molar-refractivity contribution in [1.29, 1.82) is 0 Å². The van der Waals surface area contributed by atoms with Gasteiger partial charge in [0, 0.05) is 5.69 Å². The number of rotatable bonds is 8. The highest BCUT2D eigenvalue weighted by molar-refractivity contribution is 5.69. The third-order valence-electron chi connectivity index (χ3n) is 2.25. The molecule has 1 aromatic rings. The number of nitrogens with two attached hydrogens (primary N) is 1. The molecule has 0 spiro atoms. The second-order valence-electron chi connectivity index (χ2n) is 4.31. The van der Waals surface area contributed by atoms with E-state index in [0.717, 1.165) is 0 Å². The van der Waals surface area contributed by atoms with E-state index in [1.807, 2.05) is 13.8 Å². The van der Waals surface area contributed by atoms with Crippen molar-refractivity contribution in [1.82, 2.24) is 0 Å². The van der Waals surface area contributed by atoms with Gasteiger partial charge in [0.05, 0.1) is 25.7 Å². The SMILES string of the molecule is CC(C)OCCOC(=O)CCOc1ccc(N)cc1. The van der Waals surface area contributed by atoms with Crippen LogP contribution in [0.2, 0.25) is 0 Å². The monoisotopic (exact) mass is 267 g/mol. The molecule has 19 heavy (non-hydrogen) atoms. The quantitative estimate of drug-likeness (QED) is 0.443. The Labute approximate surface area is 113 Å². The second-order valence-corrected chi connectivity index (χ2v) is 4.31. The van der Waals surface area contributed by atoms with Crippen LogP contribution >= 0.6 is 0 Å². The standard InChI is InChI=1S/C14H21NO4/c1-11(2)17-9-10-19-14(16)7-8-18-13-5-3-12(15)4-6-13/h3-6,11H,7-10,15H2,1-2H3. The van der Waals surface area contributed by atoms with Gasteiger partial charge in [-0.25, -0.2) is 0 Å². The molecule has 2 N–H and O–H groups in total. The van der Waals surface area contributed by atoms with Crippen molar-refractivity contribution in [2.24, 2.45) is 0 Å². The molecule has 0 heterocycles. The van der Waals surface area contributed by atoms with Crippen LogP contribution in [-0.2, 0) is 14.3 Å². The molecule has 0 aliphatic rings. The molecule has 0 aromatic heterocycles. The van der Waals surface area contributed by atoms with Crippen molar-refractivity contribution in [3.63, 3.8) is 0 Å². The second kappa shape index (κ2) is 8.37. The van der Waals surface area contributed by atoms with Crippen LogP contribution in [0.5, 0.6) is 5.75 Å². The van der Waals surface area contributed by atoms with E-state index >= 15 is 0 Å². The number of benzene rings is 1. The fourth-order valence-electron chi connectivity index (χ4n) is 1.33. The molecule has 0 saturated carbocycles. The number of hydrogen-bond donors (Lipinski definition) is 1. The maximum Gasteiger partial charge on any atom is 0.309 e. The summed E-state index contributed by atoms with van der Waals surface area (Å²) in [7, 11) is 0. The summed E-state index contributed by atoms with van der Waals surface area (Å²) < 4.78 is 15.6. The molecule has 106 valence electrons. The van der Waals surface area contributed by atoms with Crippen LogP contribution in [-0.4, -0.2) is 31.9 Å². The van der Waals surface area contributed by atoms with Crippen molar-refractivity contribution in [2.75, 3.05) is 25.6 Å². The summed E-state index contributed by atoms with van der Waals surface area (Å²) in [6, 6.07) is 7.02. The molecule has 5 nitrogen and oxygen atoms in total. The molecule has 1 aromatic carbocycles. The van der Waals surface area contributed by atoms with Crippen LogP contribution in [0.1, 0.15) is 20.3 Å².